The number of nitrogens with one attached hydrogen (secondary N) is 1. The highest BCUT2D eigenvalue weighted by Crippen LogP contribution is 2.12. The Morgan fingerprint density at radius 2 is 2.22 bits per heavy atom. The molecule has 0 unspecified atom stereocenters. The smallest absolute Gasteiger partial charge is 0.248 e. The lowest BCUT2D eigenvalue weighted by Crippen LogP contribution is -2.03. The number of pyridine rings is 1. The molecule has 1 rings (SSSR count). The lowest BCUT2D eigenvalue weighted by Gasteiger charge is -1.90. The van der Waals surface area contributed by atoms with Crippen molar-refractivity contribution in [1.82, 2.24) is 4.98 Å². The Morgan fingerprint density at radius 3 is 2.67 bits per heavy atom. The highest BCUT2D eigenvalue weighted by molar-refractivity contribution is 14.1. The van der Waals surface area contributed by atoms with Crippen LogP contribution in [0.2, 0.25) is 0 Å². The molecule has 0 atom stereocenters. The number of H-pyrrole nitrogens is 1. The summed E-state index contributed by atoms with van der Waals surface area (Å²) in [5.74, 6) is 0. The zero-order valence-corrected chi connectivity index (χ0v) is 8.06. The molecule has 9 heavy (non-hydrogen) atoms. The fraction of sp³-hybridized carbons (Fsp3) is 0. The molecule has 4 heteroatoms. The molecule has 1 aromatic heterocycles. The Balaban J connectivity index is 3.34. The van der Waals surface area contributed by atoms with E-state index in [4.69, 9.17) is 0 Å². The van der Waals surface area contributed by atoms with E-state index in [2.05, 4.69) is 43.5 Å². The molecule has 0 aliphatic heterocycles. The molecule has 0 amide bonds. The van der Waals surface area contributed by atoms with Gasteiger partial charge in [-0.05, 0) is 44.6 Å². The number of rotatable bonds is 0. The van der Waals surface area contributed by atoms with E-state index in [1.807, 2.05) is 0 Å². The predicted molar refractivity (Wildman–Crippen MR) is 47.5 cm³/mol. The van der Waals surface area contributed by atoms with Crippen molar-refractivity contribution in [1.29, 1.82) is 0 Å². The van der Waals surface area contributed by atoms with E-state index < -0.39 is 0 Å². The van der Waals surface area contributed by atoms with Crippen molar-refractivity contribution in [2.45, 2.75) is 0 Å². The van der Waals surface area contributed by atoms with Crippen LogP contribution in [0.1, 0.15) is 0 Å². The van der Waals surface area contributed by atoms with E-state index in [9.17, 15) is 4.79 Å². The van der Waals surface area contributed by atoms with Crippen molar-refractivity contribution < 1.29 is 0 Å². The van der Waals surface area contributed by atoms with Crippen LogP contribution in [-0.2, 0) is 0 Å². The van der Waals surface area contributed by atoms with Gasteiger partial charge >= 0.3 is 0 Å². The summed E-state index contributed by atoms with van der Waals surface area (Å²) in [4.78, 5) is 13.1. The fourth-order valence-corrected chi connectivity index (χ4v) is 1.07. The van der Waals surface area contributed by atoms with E-state index in [0.717, 1.165) is 8.17 Å². The van der Waals surface area contributed by atoms with Crippen LogP contribution in [0, 0.1) is 3.57 Å². The number of aromatic amines is 1. The monoisotopic (exact) mass is 299 g/mol. The van der Waals surface area contributed by atoms with Crippen molar-refractivity contribution in [3.8, 4) is 0 Å². The molecule has 1 heterocycles. The minimum Gasteiger partial charge on any atom is -0.316 e. The quantitative estimate of drug-likeness (QED) is 0.574. The molecule has 1 aromatic rings. The van der Waals surface area contributed by atoms with E-state index in [0.29, 0.717) is 0 Å². The standard InChI is InChI=1S/C5H3BrINO/c6-5-3(7)1-2-4(9)8-5/h1-2H,(H,8,9). The first-order chi connectivity index (χ1) is 4.20. The summed E-state index contributed by atoms with van der Waals surface area (Å²) in [6.07, 6.45) is 0. The topological polar surface area (TPSA) is 32.9 Å². The Bertz CT molecular complexity index is 270. The maximum atomic E-state index is 10.6. The number of hydrogen-bond donors (Lipinski definition) is 1. The highest BCUT2D eigenvalue weighted by Gasteiger charge is 1.92. The third kappa shape index (κ3) is 1.79. The lowest BCUT2D eigenvalue weighted by molar-refractivity contribution is 1.18. The van der Waals surface area contributed by atoms with Gasteiger partial charge in [0.25, 0.3) is 0 Å². The maximum absolute atomic E-state index is 10.6. The Morgan fingerprint density at radius 1 is 1.56 bits per heavy atom. The molecule has 0 saturated heterocycles. The highest BCUT2D eigenvalue weighted by atomic mass is 127. The molecule has 0 fully saturated rings. The molecule has 48 valence electrons. The number of hydrogen-bond acceptors (Lipinski definition) is 1. The Labute approximate surface area is 73.9 Å². The van der Waals surface area contributed by atoms with Crippen LogP contribution in [-0.4, -0.2) is 4.98 Å². The number of aromatic nitrogens is 1. The zero-order chi connectivity index (χ0) is 6.85. The van der Waals surface area contributed by atoms with Crippen LogP contribution < -0.4 is 5.56 Å². The van der Waals surface area contributed by atoms with Gasteiger partial charge in [0.05, 0.1) is 4.60 Å². The fourth-order valence-electron chi connectivity index (χ4n) is 0.432. The molecule has 0 aromatic carbocycles. The van der Waals surface area contributed by atoms with Crippen LogP contribution in [0.3, 0.4) is 0 Å². The maximum Gasteiger partial charge on any atom is 0.248 e. The first-order valence-electron chi connectivity index (χ1n) is 2.24. The molecule has 0 spiro atoms. The van der Waals surface area contributed by atoms with Crippen LogP contribution >= 0.6 is 38.5 Å². The minimum absolute atomic E-state index is 0.0812. The van der Waals surface area contributed by atoms with Crippen molar-refractivity contribution >= 4 is 38.5 Å². The van der Waals surface area contributed by atoms with Gasteiger partial charge in [-0.2, -0.15) is 0 Å². The summed E-state index contributed by atoms with van der Waals surface area (Å²) in [6.45, 7) is 0. The average Bonchev–Trinajstić information content (AvgIpc) is 1.80. The van der Waals surface area contributed by atoms with E-state index >= 15 is 0 Å². The van der Waals surface area contributed by atoms with Gasteiger partial charge in [0.2, 0.25) is 5.56 Å². The Hall–Kier alpha value is 0.160. The zero-order valence-electron chi connectivity index (χ0n) is 4.32. The van der Waals surface area contributed by atoms with Crippen molar-refractivity contribution in [3.05, 3.63) is 30.7 Å². The normalized spacial score (nSPS) is 9.56. The third-order valence-electron chi connectivity index (χ3n) is 0.824. The SMILES string of the molecule is O=c1ccc(I)c(Br)[nH]1. The first-order valence-corrected chi connectivity index (χ1v) is 4.11. The van der Waals surface area contributed by atoms with Gasteiger partial charge in [0.1, 0.15) is 0 Å². The summed E-state index contributed by atoms with van der Waals surface area (Å²) in [5.41, 5.74) is -0.0812. The van der Waals surface area contributed by atoms with Gasteiger partial charge in [-0.25, -0.2) is 0 Å². The largest absolute Gasteiger partial charge is 0.316 e. The van der Waals surface area contributed by atoms with Crippen LogP contribution in [0.5, 0.6) is 0 Å². The van der Waals surface area contributed by atoms with Gasteiger partial charge in [-0.3, -0.25) is 4.79 Å². The summed E-state index contributed by atoms with van der Waals surface area (Å²) < 4.78 is 1.75. The molecule has 2 nitrogen and oxygen atoms in total. The van der Waals surface area contributed by atoms with Crippen molar-refractivity contribution in [2.24, 2.45) is 0 Å². The third-order valence-corrected chi connectivity index (χ3v) is 3.09. The van der Waals surface area contributed by atoms with Crippen molar-refractivity contribution in [3.63, 3.8) is 0 Å². The van der Waals surface area contributed by atoms with Gasteiger partial charge < -0.3 is 4.98 Å². The summed E-state index contributed by atoms with van der Waals surface area (Å²) in [7, 11) is 0. The van der Waals surface area contributed by atoms with Crippen LogP contribution in [0.25, 0.3) is 0 Å². The predicted octanol–water partition coefficient (Wildman–Crippen LogP) is 1.74. The van der Waals surface area contributed by atoms with Crippen LogP contribution in [0.15, 0.2) is 21.5 Å². The van der Waals surface area contributed by atoms with Gasteiger partial charge in [-0.15, -0.1) is 0 Å². The molecule has 0 aliphatic rings. The second kappa shape index (κ2) is 2.83. The number of halogens is 2. The van der Waals surface area contributed by atoms with Crippen molar-refractivity contribution in [2.75, 3.05) is 0 Å². The molecule has 0 bridgehead atoms. The summed E-state index contributed by atoms with van der Waals surface area (Å²) in [5, 5.41) is 0. The molecule has 0 radical (unpaired) electrons. The first kappa shape index (κ1) is 7.27. The second-order valence-corrected chi connectivity index (χ2v) is 3.44. The molecule has 1 N–H and O–H groups in total. The Kier molecular flexibility index (Phi) is 2.29. The lowest BCUT2D eigenvalue weighted by atomic mass is 10.5. The molecular formula is C5H3BrINO. The van der Waals surface area contributed by atoms with Crippen LogP contribution in [0.4, 0.5) is 0 Å². The molecule has 0 saturated carbocycles. The van der Waals surface area contributed by atoms with E-state index in [1.165, 1.54) is 6.07 Å². The van der Waals surface area contributed by atoms with E-state index in [-0.39, 0.29) is 5.56 Å². The summed E-state index contributed by atoms with van der Waals surface area (Å²) in [6, 6.07) is 3.25. The second-order valence-electron chi connectivity index (χ2n) is 1.48. The van der Waals surface area contributed by atoms with Gasteiger partial charge in [0, 0.05) is 9.64 Å². The van der Waals surface area contributed by atoms with Gasteiger partial charge in [-0.1, -0.05) is 0 Å². The average molecular weight is 300 g/mol. The van der Waals surface area contributed by atoms with Gasteiger partial charge in [0.15, 0.2) is 0 Å². The van der Waals surface area contributed by atoms with E-state index in [1.54, 1.807) is 6.07 Å². The molecular weight excluding hydrogens is 297 g/mol. The minimum atomic E-state index is -0.0812. The molecule has 0 aliphatic carbocycles. The summed E-state index contributed by atoms with van der Waals surface area (Å²) >= 11 is 5.31.